The van der Waals surface area contributed by atoms with Gasteiger partial charge in [0.1, 0.15) is 12.3 Å². The third kappa shape index (κ3) is 8.08. The third-order valence-corrected chi connectivity index (χ3v) is 7.89. The number of amides is 2. The molecule has 1 fully saturated rings. The number of alkyl halides is 5. The molecule has 1 aliphatic heterocycles. The molecule has 2 aromatic carbocycles. The number of rotatable bonds is 7. The summed E-state index contributed by atoms with van der Waals surface area (Å²) in [4.78, 5) is 14.3. The molecule has 2 heterocycles. The molecule has 9 nitrogen and oxygen atoms in total. The van der Waals surface area contributed by atoms with E-state index in [0.717, 1.165) is 10.8 Å². The summed E-state index contributed by atoms with van der Waals surface area (Å²) >= 11 is 0. The molecule has 3 aromatic rings. The zero-order valence-corrected chi connectivity index (χ0v) is 24.3. The highest BCUT2D eigenvalue weighted by molar-refractivity contribution is 7.90. The number of urea groups is 1. The molecule has 3 N–H and O–H groups in total. The third-order valence-electron chi connectivity index (χ3n) is 6.78. The van der Waals surface area contributed by atoms with Gasteiger partial charge in [0.15, 0.2) is 9.84 Å². The highest BCUT2D eigenvalue weighted by atomic mass is 32.2. The Kier molecular flexibility index (Phi) is 9.12. The second kappa shape index (κ2) is 12.3. The second-order valence-electron chi connectivity index (χ2n) is 10.2. The molecule has 15 heteroatoms. The Hall–Kier alpha value is -4.03. The summed E-state index contributed by atoms with van der Waals surface area (Å²) in [6.45, 7) is -1.40. The lowest BCUT2D eigenvalue weighted by Crippen LogP contribution is -2.58. The van der Waals surface area contributed by atoms with Gasteiger partial charge in [-0.25, -0.2) is 22.0 Å². The van der Waals surface area contributed by atoms with Crippen LogP contribution in [-0.2, 0) is 16.4 Å². The van der Waals surface area contributed by atoms with Crippen LogP contribution >= 0.6 is 0 Å². The topological polar surface area (TPSA) is 105 Å². The van der Waals surface area contributed by atoms with Crippen molar-refractivity contribution in [2.45, 2.75) is 36.0 Å². The molecule has 0 radical (unpaired) electrons. The van der Waals surface area contributed by atoms with Crippen molar-refractivity contribution in [1.82, 2.24) is 14.8 Å². The van der Waals surface area contributed by atoms with Crippen LogP contribution in [0.1, 0.15) is 12.0 Å². The van der Waals surface area contributed by atoms with E-state index >= 15 is 0 Å². The van der Waals surface area contributed by atoms with Crippen molar-refractivity contribution in [3.63, 3.8) is 0 Å². The monoisotopic (exact) mass is 627 g/mol. The van der Waals surface area contributed by atoms with Gasteiger partial charge < -0.3 is 30.2 Å². The molecule has 0 saturated carbocycles. The van der Waals surface area contributed by atoms with E-state index in [1.807, 2.05) is 0 Å². The molecular formula is C28H30F5N5O4S. The first-order valence-corrected chi connectivity index (χ1v) is 14.9. The van der Waals surface area contributed by atoms with Crippen LogP contribution in [-0.4, -0.2) is 82.1 Å². The van der Waals surface area contributed by atoms with Crippen LogP contribution in [0, 0.1) is 11.8 Å². The Morgan fingerprint density at radius 1 is 1.16 bits per heavy atom. The number of anilines is 2. The fourth-order valence-electron chi connectivity index (χ4n) is 4.74. The van der Waals surface area contributed by atoms with E-state index in [1.54, 1.807) is 7.05 Å². The van der Waals surface area contributed by atoms with Crippen LogP contribution in [0.5, 0.6) is 5.75 Å². The van der Waals surface area contributed by atoms with E-state index in [4.69, 9.17) is 4.74 Å². The number of fused-ring (bicyclic) bond motifs is 1. The predicted molar refractivity (Wildman–Crippen MR) is 152 cm³/mol. The minimum atomic E-state index is -4.52. The van der Waals surface area contributed by atoms with Crippen molar-refractivity contribution >= 4 is 38.1 Å². The molecule has 43 heavy (non-hydrogen) atoms. The molecule has 1 atom stereocenters. The number of nitrogens with one attached hydrogen (secondary N) is 3. The van der Waals surface area contributed by atoms with Crippen molar-refractivity contribution in [1.29, 1.82) is 0 Å². The van der Waals surface area contributed by atoms with Crippen molar-refractivity contribution in [2.24, 2.45) is 0 Å². The zero-order chi connectivity index (χ0) is 31.6. The summed E-state index contributed by atoms with van der Waals surface area (Å²) in [5, 5.41) is 8.06. The molecule has 0 bridgehead atoms. The lowest BCUT2D eigenvalue weighted by molar-refractivity contribution is -0.139. The minimum Gasteiger partial charge on any atom is -0.495 e. The Balaban J connectivity index is 1.58. The molecule has 1 aromatic heterocycles. The van der Waals surface area contributed by atoms with Gasteiger partial charge in [-0.05, 0) is 43.8 Å². The van der Waals surface area contributed by atoms with Gasteiger partial charge in [0.25, 0.3) is 5.92 Å². The maximum Gasteiger partial charge on any atom is 0.406 e. The first-order chi connectivity index (χ1) is 20.1. The van der Waals surface area contributed by atoms with Gasteiger partial charge in [-0.3, -0.25) is 0 Å². The fourth-order valence-corrected chi connectivity index (χ4v) is 5.38. The van der Waals surface area contributed by atoms with E-state index < -0.39 is 47.1 Å². The molecule has 2 amide bonds. The molecular weight excluding hydrogens is 597 g/mol. The van der Waals surface area contributed by atoms with Gasteiger partial charge >= 0.3 is 12.2 Å². The molecule has 1 saturated heterocycles. The van der Waals surface area contributed by atoms with Gasteiger partial charge in [-0.1, -0.05) is 11.8 Å². The second-order valence-corrected chi connectivity index (χ2v) is 12.3. The van der Waals surface area contributed by atoms with Crippen LogP contribution in [0.3, 0.4) is 0 Å². The first-order valence-electron chi connectivity index (χ1n) is 13.0. The number of ether oxygens (including phenoxy) is 1. The summed E-state index contributed by atoms with van der Waals surface area (Å²) in [5.74, 6) is 2.77. The number of halogens is 5. The number of sulfone groups is 1. The maximum absolute atomic E-state index is 14.5. The molecule has 4 rings (SSSR count). The first kappa shape index (κ1) is 31.9. The number of hydrogen-bond donors (Lipinski definition) is 3. The minimum absolute atomic E-state index is 0.0224. The quantitative estimate of drug-likeness (QED) is 0.263. The largest absolute Gasteiger partial charge is 0.495 e. The van der Waals surface area contributed by atoms with Crippen molar-refractivity contribution < 1.29 is 39.9 Å². The van der Waals surface area contributed by atoms with Crippen LogP contribution in [0.2, 0.25) is 0 Å². The summed E-state index contributed by atoms with van der Waals surface area (Å²) in [7, 11) is -0.520. The van der Waals surface area contributed by atoms with Gasteiger partial charge in [-0.15, -0.1) is 0 Å². The zero-order valence-electron chi connectivity index (χ0n) is 23.5. The van der Waals surface area contributed by atoms with Crippen molar-refractivity contribution in [3.05, 3.63) is 48.2 Å². The maximum atomic E-state index is 14.5. The van der Waals surface area contributed by atoms with Crippen molar-refractivity contribution in [2.75, 3.05) is 50.7 Å². The Labute approximate surface area is 245 Å². The van der Waals surface area contributed by atoms with Crippen LogP contribution < -0.4 is 20.7 Å². The van der Waals surface area contributed by atoms with Crippen LogP contribution in [0.15, 0.2) is 47.5 Å². The van der Waals surface area contributed by atoms with Gasteiger partial charge in [0.2, 0.25) is 0 Å². The average Bonchev–Trinajstić information content (AvgIpc) is 3.28. The number of piperidine rings is 1. The Morgan fingerprint density at radius 2 is 1.91 bits per heavy atom. The fraction of sp³-hybridized carbons (Fsp3) is 0.393. The van der Waals surface area contributed by atoms with Gasteiger partial charge in [0, 0.05) is 36.0 Å². The lowest BCUT2D eigenvalue weighted by Gasteiger charge is -2.36. The number of hydrogen-bond acceptors (Lipinski definition) is 6. The summed E-state index contributed by atoms with van der Waals surface area (Å²) < 4.78 is 98.4. The van der Waals surface area contributed by atoms with Crippen LogP contribution in [0.25, 0.3) is 10.9 Å². The number of carbonyl (C=O) groups excluding carboxylic acids is 1. The smallest absolute Gasteiger partial charge is 0.406 e. The van der Waals surface area contributed by atoms with Crippen LogP contribution in [0.4, 0.5) is 38.1 Å². The molecule has 232 valence electrons. The highest BCUT2D eigenvalue weighted by Crippen LogP contribution is 2.31. The predicted octanol–water partition coefficient (Wildman–Crippen LogP) is 4.54. The number of nitrogens with zero attached hydrogens (tertiary/aromatic N) is 2. The molecule has 1 aliphatic rings. The van der Waals surface area contributed by atoms with E-state index in [1.165, 1.54) is 54.6 Å². The number of carbonyl (C=O) groups is 1. The number of methoxy groups -OCH3 is 1. The lowest BCUT2D eigenvalue weighted by atomic mass is 10.0. The molecule has 0 spiro atoms. The molecule has 1 unspecified atom stereocenters. The van der Waals surface area contributed by atoms with E-state index in [0.29, 0.717) is 12.2 Å². The standard InChI is InChI=1S/C28H30F5N5O4S/c1-37-11-9-25(27(29,30)16-37)36-26(39)35-22-13-18(14-23-20(22)8-12-38(23)17-28(31,32)33)5-4-10-34-21-7-6-19(43(3,40)41)15-24(21)42-2/h6-8,12-15,25,34H,9-11,16-17H2,1-3H3,(H2,35,36,39). The highest BCUT2D eigenvalue weighted by Gasteiger charge is 2.44. The summed E-state index contributed by atoms with van der Waals surface area (Å²) in [6, 6.07) is 6.22. The number of likely N-dealkylation sites (tertiary alicyclic amines) is 1. The number of benzene rings is 2. The average molecular weight is 628 g/mol. The van der Waals surface area contributed by atoms with E-state index in [-0.39, 0.29) is 45.8 Å². The van der Waals surface area contributed by atoms with Gasteiger partial charge in [-0.2, -0.15) is 13.2 Å². The van der Waals surface area contributed by atoms with Gasteiger partial charge in [0.05, 0.1) is 48.0 Å². The van der Waals surface area contributed by atoms with Crippen molar-refractivity contribution in [3.8, 4) is 17.6 Å². The Bertz CT molecular complexity index is 1680. The summed E-state index contributed by atoms with van der Waals surface area (Å²) in [6.07, 6.45) is -2.21. The van der Waals surface area contributed by atoms with E-state index in [9.17, 15) is 35.2 Å². The Morgan fingerprint density at radius 3 is 2.56 bits per heavy atom. The summed E-state index contributed by atoms with van der Waals surface area (Å²) in [5.41, 5.74) is 0.955. The normalized spacial score (nSPS) is 17.2. The molecule has 0 aliphatic carbocycles. The SMILES string of the molecule is COc1cc(S(C)(=O)=O)ccc1NCC#Cc1cc(NC(=O)NC2CCN(C)CC2(F)F)c2ccn(CC(F)(F)F)c2c1. The number of aromatic nitrogens is 1. The van der Waals surface area contributed by atoms with E-state index in [2.05, 4.69) is 27.8 Å².